The van der Waals surface area contributed by atoms with Gasteiger partial charge < -0.3 is 33.0 Å². The zero-order valence-electron chi connectivity index (χ0n) is 23.9. The minimum absolute atomic E-state index is 0.309. The van der Waals surface area contributed by atoms with Crippen LogP contribution in [0.15, 0.2) is 67.3 Å². The average molecular weight is 556 g/mol. The van der Waals surface area contributed by atoms with Gasteiger partial charge in [0.1, 0.15) is 18.1 Å². The second-order valence-corrected chi connectivity index (χ2v) is 9.37. The zero-order chi connectivity index (χ0) is 29.1. The molecule has 41 heavy (non-hydrogen) atoms. The minimum Gasteiger partial charge on any atom is -0.493 e. The van der Waals surface area contributed by atoms with Crippen LogP contribution in [-0.4, -0.2) is 52.7 Å². The molecule has 0 atom stereocenters. The summed E-state index contributed by atoms with van der Waals surface area (Å²) in [6, 6.07) is 17.4. The van der Waals surface area contributed by atoms with Gasteiger partial charge in [0, 0.05) is 28.8 Å². The molecule has 0 saturated carbocycles. The van der Waals surface area contributed by atoms with Crippen LogP contribution in [0.5, 0.6) is 28.7 Å². The fourth-order valence-corrected chi connectivity index (χ4v) is 5.49. The van der Waals surface area contributed by atoms with E-state index in [2.05, 4.69) is 6.58 Å². The molecule has 0 N–H and O–H groups in total. The van der Waals surface area contributed by atoms with Gasteiger partial charge >= 0.3 is 5.97 Å². The first-order chi connectivity index (χ1) is 20.0. The lowest BCUT2D eigenvalue weighted by Crippen LogP contribution is -2.17. The molecule has 0 radical (unpaired) electrons. The van der Waals surface area contributed by atoms with E-state index in [0.717, 1.165) is 33.5 Å². The van der Waals surface area contributed by atoms with E-state index in [-0.39, 0.29) is 0 Å². The Balaban J connectivity index is 1.95. The molecule has 1 aliphatic rings. The Hall–Kier alpha value is -4.85. The lowest BCUT2D eigenvalue weighted by atomic mass is 9.89. The number of benzene rings is 3. The molecule has 0 amide bonds. The van der Waals surface area contributed by atoms with Crippen molar-refractivity contribution in [2.45, 2.75) is 13.0 Å². The minimum atomic E-state index is -0.449. The van der Waals surface area contributed by atoms with Crippen molar-refractivity contribution < 1.29 is 33.2 Å². The number of hydrogen-bond acceptors (Lipinski definition) is 7. The number of esters is 1. The van der Waals surface area contributed by atoms with Crippen molar-refractivity contribution in [1.82, 2.24) is 4.57 Å². The van der Waals surface area contributed by atoms with Crippen molar-refractivity contribution >= 4 is 5.97 Å². The summed E-state index contributed by atoms with van der Waals surface area (Å²) in [7, 11) is 7.83. The van der Waals surface area contributed by atoms with Gasteiger partial charge in [0.05, 0.1) is 41.2 Å². The van der Waals surface area contributed by atoms with Crippen molar-refractivity contribution in [3.05, 3.63) is 78.5 Å². The first-order valence-electron chi connectivity index (χ1n) is 13.2. The van der Waals surface area contributed by atoms with Crippen molar-refractivity contribution in [3.8, 4) is 62.3 Å². The lowest BCUT2D eigenvalue weighted by Gasteiger charge is -2.24. The molecule has 3 aromatic carbocycles. The standard InChI is InChI=1S/C33H33NO7/c1-7-16-41-24-11-9-8-10-22(24)30-29(21-12-13-25(36-2)26(18-21)37-3)31-23-19-28(39-5)27(38-4)17-20(23)14-15-34(31)32(30)33(35)40-6/h7-13,17-19H,1,14-16H2,2-6H3. The van der Waals surface area contributed by atoms with Crippen molar-refractivity contribution in [2.24, 2.45) is 0 Å². The summed E-state index contributed by atoms with van der Waals surface area (Å²) in [6.45, 7) is 4.66. The molecule has 212 valence electrons. The Morgan fingerprint density at radius 1 is 0.805 bits per heavy atom. The highest BCUT2D eigenvalue weighted by atomic mass is 16.5. The van der Waals surface area contributed by atoms with E-state index < -0.39 is 5.97 Å². The first-order valence-corrected chi connectivity index (χ1v) is 13.2. The van der Waals surface area contributed by atoms with E-state index in [4.69, 9.17) is 28.4 Å². The van der Waals surface area contributed by atoms with E-state index in [9.17, 15) is 4.79 Å². The molecule has 5 rings (SSSR count). The van der Waals surface area contributed by atoms with Crippen LogP contribution < -0.4 is 23.7 Å². The summed E-state index contributed by atoms with van der Waals surface area (Å²) < 4.78 is 36.0. The number of carbonyl (C=O) groups excluding carboxylic acids is 1. The summed E-state index contributed by atoms with van der Waals surface area (Å²) in [4.78, 5) is 13.6. The second kappa shape index (κ2) is 11.7. The van der Waals surface area contributed by atoms with Gasteiger partial charge in [-0.1, -0.05) is 36.9 Å². The number of ether oxygens (including phenoxy) is 6. The van der Waals surface area contributed by atoms with E-state index in [1.54, 1.807) is 34.5 Å². The SMILES string of the molecule is C=CCOc1ccccc1-c1c(-c2ccc(OC)c(OC)c2)c2n(c1C(=O)OC)CCc1cc(OC)c(OC)cc1-2. The normalized spacial score (nSPS) is 11.6. The number of carbonyl (C=O) groups is 1. The molecule has 1 aliphatic heterocycles. The summed E-state index contributed by atoms with van der Waals surface area (Å²) in [5, 5.41) is 0. The number of hydrogen-bond donors (Lipinski definition) is 0. The van der Waals surface area contributed by atoms with Gasteiger partial charge in [-0.25, -0.2) is 4.79 Å². The van der Waals surface area contributed by atoms with Crippen LogP contribution in [0.4, 0.5) is 0 Å². The number of aromatic nitrogens is 1. The predicted molar refractivity (Wildman–Crippen MR) is 158 cm³/mol. The van der Waals surface area contributed by atoms with Gasteiger partial charge in [0.2, 0.25) is 0 Å². The summed E-state index contributed by atoms with van der Waals surface area (Å²) in [6.07, 6.45) is 2.37. The molecule has 8 nitrogen and oxygen atoms in total. The molecule has 0 spiro atoms. The van der Waals surface area contributed by atoms with E-state index >= 15 is 0 Å². The first kappa shape index (κ1) is 27.7. The van der Waals surface area contributed by atoms with E-state index in [1.165, 1.54) is 7.11 Å². The maximum atomic E-state index is 13.6. The van der Waals surface area contributed by atoms with Crippen molar-refractivity contribution in [3.63, 3.8) is 0 Å². The molecular formula is C33H33NO7. The number of aryl methyl sites for hydroxylation is 1. The topological polar surface area (TPSA) is 77.4 Å². The predicted octanol–water partition coefficient (Wildman–Crippen LogP) is 6.43. The van der Waals surface area contributed by atoms with Crippen LogP contribution in [0.3, 0.4) is 0 Å². The number of methoxy groups -OCH3 is 5. The van der Waals surface area contributed by atoms with Gasteiger partial charge in [-0.2, -0.15) is 0 Å². The summed E-state index contributed by atoms with van der Waals surface area (Å²) in [5.41, 5.74) is 6.40. The van der Waals surface area contributed by atoms with Crippen LogP contribution >= 0.6 is 0 Å². The maximum absolute atomic E-state index is 13.6. The molecule has 2 heterocycles. The Morgan fingerprint density at radius 2 is 1.49 bits per heavy atom. The van der Waals surface area contributed by atoms with E-state index in [1.807, 2.05) is 59.2 Å². The number of fused-ring (bicyclic) bond motifs is 3. The van der Waals surface area contributed by atoms with Gasteiger partial charge in [-0.05, 0) is 47.9 Å². The molecule has 0 unspecified atom stereocenters. The Morgan fingerprint density at radius 3 is 2.17 bits per heavy atom. The van der Waals surface area contributed by atoms with Gasteiger partial charge in [0.15, 0.2) is 23.0 Å². The molecule has 0 aliphatic carbocycles. The van der Waals surface area contributed by atoms with Gasteiger partial charge in [0.25, 0.3) is 0 Å². The highest BCUT2D eigenvalue weighted by molar-refractivity contribution is 6.08. The summed E-state index contributed by atoms with van der Waals surface area (Å²) in [5.74, 6) is 2.58. The Labute approximate surface area is 239 Å². The third-order valence-electron chi connectivity index (χ3n) is 7.30. The fraction of sp³-hybridized carbons (Fsp3) is 0.242. The number of para-hydroxylation sites is 1. The van der Waals surface area contributed by atoms with Gasteiger partial charge in [-0.15, -0.1) is 0 Å². The monoisotopic (exact) mass is 555 g/mol. The lowest BCUT2D eigenvalue weighted by molar-refractivity contribution is 0.0589. The Kier molecular flexibility index (Phi) is 7.92. The maximum Gasteiger partial charge on any atom is 0.355 e. The van der Waals surface area contributed by atoms with Crippen molar-refractivity contribution in [1.29, 1.82) is 0 Å². The average Bonchev–Trinajstić information content (AvgIpc) is 3.37. The highest BCUT2D eigenvalue weighted by Crippen LogP contribution is 2.51. The molecule has 1 aromatic heterocycles. The summed E-state index contributed by atoms with van der Waals surface area (Å²) >= 11 is 0. The van der Waals surface area contributed by atoms with Crippen LogP contribution in [0.1, 0.15) is 16.1 Å². The number of nitrogens with zero attached hydrogens (tertiary/aromatic N) is 1. The molecule has 8 heteroatoms. The molecule has 0 fully saturated rings. The van der Waals surface area contributed by atoms with Crippen LogP contribution in [0, 0.1) is 0 Å². The smallest absolute Gasteiger partial charge is 0.355 e. The number of rotatable bonds is 10. The highest BCUT2D eigenvalue weighted by Gasteiger charge is 2.35. The molecular weight excluding hydrogens is 522 g/mol. The second-order valence-electron chi connectivity index (χ2n) is 9.37. The van der Waals surface area contributed by atoms with Crippen LogP contribution in [0.25, 0.3) is 33.5 Å². The third-order valence-corrected chi connectivity index (χ3v) is 7.30. The quantitative estimate of drug-likeness (QED) is 0.165. The van der Waals surface area contributed by atoms with Crippen LogP contribution in [-0.2, 0) is 17.7 Å². The zero-order valence-corrected chi connectivity index (χ0v) is 23.9. The van der Waals surface area contributed by atoms with Gasteiger partial charge in [-0.3, -0.25) is 0 Å². The van der Waals surface area contributed by atoms with E-state index in [0.29, 0.717) is 59.6 Å². The largest absolute Gasteiger partial charge is 0.493 e. The third kappa shape index (κ3) is 4.75. The molecule has 0 saturated heterocycles. The van der Waals surface area contributed by atoms with Crippen molar-refractivity contribution in [2.75, 3.05) is 42.2 Å². The fourth-order valence-electron chi connectivity index (χ4n) is 5.49. The molecule has 4 aromatic rings. The Bertz CT molecular complexity index is 1620. The van der Waals surface area contributed by atoms with Crippen LogP contribution in [0.2, 0.25) is 0 Å². The molecule has 0 bridgehead atoms.